The molecule has 0 saturated carbocycles. The van der Waals surface area contributed by atoms with Crippen molar-refractivity contribution in [2.75, 3.05) is 7.11 Å². The van der Waals surface area contributed by atoms with Gasteiger partial charge in [-0.25, -0.2) is 0 Å². The first-order valence-electron chi connectivity index (χ1n) is 8.87. The summed E-state index contributed by atoms with van der Waals surface area (Å²) in [5.41, 5.74) is 1.97. The number of methoxy groups -OCH3 is 1. The first-order valence-corrected chi connectivity index (χ1v) is 11.8. The van der Waals surface area contributed by atoms with Gasteiger partial charge in [0.25, 0.3) is 8.32 Å². The highest BCUT2D eigenvalue weighted by molar-refractivity contribution is 6.74. The Hall–Kier alpha value is -2.33. The largest absolute Gasteiger partial charge is 0.531 e. The van der Waals surface area contributed by atoms with E-state index in [0.29, 0.717) is 11.8 Å². The average Bonchev–Trinajstić information content (AvgIpc) is 2.60. The van der Waals surface area contributed by atoms with Crippen molar-refractivity contribution < 1.29 is 9.16 Å². The van der Waals surface area contributed by atoms with Crippen LogP contribution in [0.4, 0.5) is 0 Å². The average molecular weight is 368 g/mol. The van der Waals surface area contributed by atoms with Gasteiger partial charge in [-0.05, 0) is 35.8 Å². The van der Waals surface area contributed by atoms with Crippen molar-refractivity contribution in [2.45, 2.75) is 38.9 Å². The van der Waals surface area contributed by atoms with Gasteiger partial charge in [-0.2, -0.15) is 4.99 Å². The minimum Gasteiger partial charge on any atom is -0.531 e. The molecular weight excluding hydrogens is 338 g/mol. The molecule has 0 aliphatic carbocycles. The maximum absolute atomic E-state index is 6.49. The predicted molar refractivity (Wildman–Crippen MR) is 113 cm³/mol. The molecule has 0 aromatic heterocycles. The molecule has 0 fully saturated rings. The molecule has 4 heteroatoms. The monoisotopic (exact) mass is 367 g/mol. The summed E-state index contributed by atoms with van der Waals surface area (Å²) >= 11 is 0. The van der Waals surface area contributed by atoms with Gasteiger partial charge >= 0.3 is 0 Å². The molecule has 0 unspecified atom stereocenters. The van der Waals surface area contributed by atoms with Crippen molar-refractivity contribution >= 4 is 20.3 Å². The van der Waals surface area contributed by atoms with Gasteiger partial charge in [-0.15, -0.1) is 0 Å². The molecule has 0 N–H and O–H groups in total. The number of benzene rings is 2. The van der Waals surface area contributed by atoms with Crippen LogP contribution < -0.4 is 0 Å². The maximum atomic E-state index is 6.49. The summed E-state index contributed by atoms with van der Waals surface area (Å²) in [5.74, 6) is 1.13. The van der Waals surface area contributed by atoms with E-state index in [1.807, 2.05) is 66.7 Å². The molecule has 0 amide bonds. The quantitative estimate of drug-likeness (QED) is 0.277. The molecular formula is C22H29NO2Si. The van der Waals surface area contributed by atoms with Crippen molar-refractivity contribution in [1.82, 2.24) is 0 Å². The van der Waals surface area contributed by atoms with Gasteiger partial charge < -0.3 is 9.16 Å². The number of nitrogens with zero attached hydrogens (tertiary/aromatic N) is 1. The van der Waals surface area contributed by atoms with Crippen LogP contribution in [-0.2, 0) is 9.16 Å². The van der Waals surface area contributed by atoms with Gasteiger partial charge in [0.15, 0.2) is 0 Å². The van der Waals surface area contributed by atoms with Crippen LogP contribution in [0.15, 0.2) is 71.5 Å². The summed E-state index contributed by atoms with van der Waals surface area (Å²) in [7, 11) is -0.396. The van der Waals surface area contributed by atoms with E-state index < -0.39 is 8.32 Å². The summed E-state index contributed by atoms with van der Waals surface area (Å²) in [6.45, 7) is 11.1. The van der Waals surface area contributed by atoms with E-state index in [2.05, 4.69) is 33.9 Å². The number of ether oxygens (including phenoxy) is 1. The minimum absolute atomic E-state index is 0.0816. The Labute approximate surface area is 158 Å². The lowest BCUT2D eigenvalue weighted by Gasteiger charge is -2.36. The zero-order valence-electron chi connectivity index (χ0n) is 16.6. The lowest BCUT2D eigenvalue weighted by atomic mass is 10.2. The highest BCUT2D eigenvalue weighted by atomic mass is 28.4. The van der Waals surface area contributed by atoms with Crippen LogP contribution in [0.2, 0.25) is 18.1 Å². The SMILES string of the molecule is CO/C(=N\C(=C/c1ccccc1)O[Si](C)(C)C(C)(C)C)c1ccccc1. The van der Waals surface area contributed by atoms with Crippen molar-refractivity contribution in [2.24, 2.45) is 4.99 Å². The number of aliphatic imine (C=N–C) groups is 1. The van der Waals surface area contributed by atoms with Crippen LogP contribution in [0.5, 0.6) is 0 Å². The van der Waals surface area contributed by atoms with Crippen LogP contribution >= 0.6 is 0 Å². The fourth-order valence-electron chi connectivity index (χ4n) is 2.10. The molecule has 2 rings (SSSR count). The highest BCUT2D eigenvalue weighted by Crippen LogP contribution is 2.38. The Balaban J connectivity index is 2.47. The second kappa shape index (κ2) is 8.36. The second-order valence-corrected chi connectivity index (χ2v) is 12.5. The summed E-state index contributed by atoms with van der Waals surface area (Å²) in [5, 5.41) is 0.0816. The van der Waals surface area contributed by atoms with Crippen LogP contribution in [0, 0.1) is 0 Å². The molecule has 0 atom stereocenters. The van der Waals surface area contributed by atoms with Crippen LogP contribution in [0.3, 0.4) is 0 Å². The van der Waals surface area contributed by atoms with Crippen molar-refractivity contribution in [3.8, 4) is 0 Å². The maximum Gasteiger partial charge on any atom is 0.252 e. The number of hydrogen-bond acceptors (Lipinski definition) is 3. The molecule has 0 aliphatic rings. The van der Waals surface area contributed by atoms with E-state index >= 15 is 0 Å². The molecule has 0 saturated heterocycles. The highest BCUT2D eigenvalue weighted by Gasteiger charge is 2.39. The third kappa shape index (κ3) is 5.33. The molecule has 0 heterocycles. The van der Waals surface area contributed by atoms with Gasteiger partial charge in [0.05, 0.1) is 7.11 Å². The molecule has 0 aliphatic heterocycles. The fraction of sp³-hybridized carbons (Fsp3) is 0.318. The minimum atomic E-state index is -2.03. The lowest BCUT2D eigenvalue weighted by Crippen LogP contribution is -2.40. The van der Waals surface area contributed by atoms with Crippen molar-refractivity contribution in [3.63, 3.8) is 0 Å². The van der Waals surface area contributed by atoms with E-state index in [-0.39, 0.29) is 5.04 Å². The van der Waals surface area contributed by atoms with E-state index in [9.17, 15) is 0 Å². The fourth-order valence-corrected chi connectivity index (χ4v) is 3.03. The molecule has 2 aromatic rings. The van der Waals surface area contributed by atoms with E-state index in [0.717, 1.165) is 11.1 Å². The molecule has 0 radical (unpaired) electrons. The second-order valence-electron chi connectivity index (χ2n) is 7.74. The summed E-state index contributed by atoms with van der Waals surface area (Å²) in [6.07, 6.45) is 1.97. The Morgan fingerprint density at radius 2 is 1.46 bits per heavy atom. The van der Waals surface area contributed by atoms with E-state index in [1.54, 1.807) is 7.11 Å². The molecule has 138 valence electrons. The summed E-state index contributed by atoms with van der Waals surface area (Å²) < 4.78 is 12.0. The number of hydrogen-bond donors (Lipinski definition) is 0. The Morgan fingerprint density at radius 3 is 1.96 bits per heavy atom. The summed E-state index contributed by atoms with van der Waals surface area (Å²) in [4.78, 5) is 4.73. The smallest absolute Gasteiger partial charge is 0.252 e. The zero-order valence-corrected chi connectivity index (χ0v) is 17.6. The Bertz CT molecular complexity index is 760. The third-order valence-corrected chi connectivity index (χ3v) is 9.01. The molecule has 2 aromatic carbocycles. The van der Waals surface area contributed by atoms with Crippen LogP contribution in [0.25, 0.3) is 6.08 Å². The first kappa shape index (κ1) is 20.0. The van der Waals surface area contributed by atoms with Crippen LogP contribution in [0.1, 0.15) is 31.9 Å². The van der Waals surface area contributed by atoms with E-state index in [4.69, 9.17) is 14.2 Å². The third-order valence-electron chi connectivity index (χ3n) is 4.68. The molecule has 26 heavy (non-hydrogen) atoms. The topological polar surface area (TPSA) is 30.8 Å². The standard InChI is InChI=1S/C22H29NO2Si/c1-22(2,3)26(5,6)25-20(17-18-13-9-7-10-14-18)23-21(24-4)19-15-11-8-12-16-19/h7-17H,1-6H3/b20-17+,23-21-. The molecule has 0 spiro atoms. The zero-order chi connectivity index (χ0) is 19.2. The lowest BCUT2D eigenvalue weighted by molar-refractivity contribution is 0.368. The van der Waals surface area contributed by atoms with Crippen LogP contribution in [-0.4, -0.2) is 21.3 Å². The van der Waals surface area contributed by atoms with Gasteiger partial charge in [0.1, 0.15) is 0 Å². The number of rotatable bonds is 5. The summed E-state index contributed by atoms with van der Waals surface area (Å²) in [6, 6.07) is 20.0. The van der Waals surface area contributed by atoms with Gasteiger partial charge in [0, 0.05) is 11.6 Å². The van der Waals surface area contributed by atoms with Gasteiger partial charge in [-0.1, -0.05) is 69.3 Å². The Morgan fingerprint density at radius 1 is 0.923 bits per heavy atom. The predicted octanol–water partition coefficient (Wildman–Crippen LogP) is 6.10. The van der Waals surface area contributed by atoms with Gasteiger partial charge in [-0.3, -0.25) is 0 Å². The molecule has 3 nitrogen and oxygen atoms in total. The normalized spacial score (nSPS) is 13.5. The van der Waals surface area contributed by atoms with Crippen molar-refractivity contribution in [1.29, 1.82) is 0 Å². The first-order chi connectivity index (χ1) is 12.2. The molecule has 0 bridgehead atoms. The Kier molecular flexibility index (Phi) is 6.43. The van der Waals surface area contributed by atoms with Gasteiger partial charge in [0.2, 0.25) is 11.8 Å². The van der Waals surface area contributed by atoms with Crippen molar-refractivity contribution in [3.05, 3.63) is 77.7 Å². The van der Waals surface area contributed by atoms with E-state index in [1.165, 1.54) is 0 Å².